The highest BCUT2D eigenvalue weighted by Crippen LogP contribution is 2.17. The highest BCUT2D eigenvalue weighted by atomic mass is 14.7. The molecule has 0 spiro atoms. The van der Waals surface area contributed by atoms with Crippen molar-refractivity contribution in [2.75, 3.05) is 6.54 Å². The molecule has 1 heteroatoms. The molecule has 1 rings (SSSR count). The molecule has 82 valence electrons. The largest absolute Gasteiger partial charge is 0.297 e. The Balaban J connectivity index is 1.88. The van der Waals surface area contributed by atoms with E-state index in [1.54, 1.807) is 0 Å². The predicted octanol–water partition coefficient (Wildman–Crippen LogP) is 4.22. The van der Waals surface area contributed by atoms with E-state index in [1.807, 2.05) is 0 Å². The van der Waals surface area contributed by atoms with Gasteiger partial charge in [0, 0.05) is 12.8 Å². The third kappa shape index (κ3) is 5.41. The second-order valence-corrected chi connectivity index (χ2v) is 4.51. The van der Waals surface area contributed by atoms with Crippen molar-refractivity contribution >= 4 is 6.21 Å². The third-order valence-electron chi connectivity index (χ3n) is 3.11. The first-order chi connectivity index (χ1) is 6.93. The van der Waals surface area contributed by atoms with Gasteiger partial charge in [-0.25, -0.2) is 0 Å². The second kappa shape index (κ2) is 8.02. The zero-order chi connectivity index (χ0) is 10.1. The summed E-state index contributed by atoms with van der Waals surface area (Å²) in [6.45, 7) is 3.35. The van der Waals surface area contributed by atoms with Crippen molar-refractivity contribution in [1.29, 1.82) is 0 Å². The lowest BCUT2D eigenvalue weighted by atomic mass is 9.95. The van der Waals surface area contributed by atoms with Crippen LogP contribution < -0.4 is 0 Å². The fraction of sp³-hybridized carbons (Fsp3) is 0.923. The summed E-state index contributed by atoms with van der Waals surface area (Å²) in [6.07, 6.45) is 14.8. The molecular weight excluding hydrogens is 170 g/mol. The molecule has 0 bridgehead atoms. The van der Waals surface area contributed by atoms with Crippen LogP contribution in [-0.4, -0.2) is 12.8 Å². The van der Waals surface area contributed by atoms with Crippen LogP contribution in [0.3, 0.4) is 0 Å². The summed E-state index contributed by atoms with van der Waals surface area (Å²) in [5.41, 5.74) is 0. The average Bonchev–Trinajstić information content (AvgIpc) is 2.25. The number of unbranched alkanes of at least 4 members (excludes halogenated alkanes) is 5. The van der Waals surface area contributed by atoms with Crippen LogP contribution in [0, 0.1) is 5.92 Å². The first-order valence-corrected chi connectivity index (χ1v) is 6.43. The first kappa shape index (κ1) is 11.7. The van der Waals surface area contributed by atoms with E-state index in [2.05, 4.69) is 18.1 Å². The van der Waals surface area contributed by atoms with E-state index < -0.39 is 0 Å². The van der Waals surface area contributed by atoms with Crippen molar-refractivity contribution in [3.63, 3.8) is 0 Å². The first-order valence-electron chi connectivity index (χ1n) is 6.43. The monoisotopic (exact) mass is 195 g/mol. The Bertz CT molecular complexity index is 151. The van der Waals surface area contributed by atoms with Crippen LogP contribution in [0.2, 0.25) is 0 Å². The van der Waals surface area contributed by atoms with Gasteiger partial charge in [0.15, 0.2) is 0 Å². The maximum atomic E-state index is 4.36. The Hall–Kier alpha value is -0.330. The summed E-state index contributed by atoms with van der Waals surface area (Å²) in [6, 6.07) is 0. The molecule has 0 N–H and O–H groups in total. The van der Waals surface area contributed by atoms with Crippen molar-refractivity contribution in [1.82, 2.24) is 0 Å². The van der Waals surface area contributed by atoms with E-state index in [9.17, 15) is 0 Å². The Morgan fingerprint density at radius 1 is 1.14 bits per heavy atom. The molecule has 1 nitrogen and oxygen atoms in total. The minimum absolute atomic E-state index is 0.815. The normalized spacial score (nSPS) is 21.4. The highest BCUT2D eigenvalue weighted by Gasteiger charge is 2.08. The molecule has 1 unspecified atom stereocenters. The van der Waals surface area contributed by atoms with Crippen LogP contribution in [0.4, 0.5) is 0 Å². The van der Waals surface area contributed by atoms with Gasteiger partial charge in [-0.05, 0) is 25.2 Å². The third-order valence-corrected chi connectivity index (χ3v) is 3.11. The molecule has 0 saturated carbocycles. The molecular formula is C13H25N. The Morgan fingerprint density at radius 3 is 2.64 bits per heavy atom. The van der Waals surface area contributed by atoms with Gasteiger partial charge in [-0.2, -0.15) is 0 Å². The molecule has 1 heterocycles. The van der Waals surface area contributed by atoms with Crippen molar-refractivity contribution in [2.24, 2.45) is 10.9 Å². The number of hydrogen-bond acceptors (Lipinski definition) is 1. The molecule has 0 aromatic rings. The Morgan fingerprint density at radius 2 is 1.93 bits per heavy atom. The zero-order valence-electron chi connectivity index (χ0n) is 9.67. The maximum Gasteiger partial charge on any atom is 0.0385 e. The van der Waals surface area contributed by atoms with Crippen LogP contribution in [0.1, 0.15) is 64.7 Å². The lowest BCUT2D eigenvalue weighted by Gasteiger charge is -2.14. The lowest BCUT2D eigenvalue weighted by molar-refractivity contribution is 0.497. The fourth-order valence-corrected chi connectivity index (χ4v) is 2.15. The van der Waals surface area contributed by atoms with Crippen molar-refractivity contribution in [3.05, 3.63) is 0 Å². The van der Waals surface area contributed by atoms with Gasteiger partial charge in [0.25, 0.3) is 0 Å². The minimum Gasteiger partial charge on any atom is -0.297 e. The van der Waals surface area contributed by atoms with Gasteiger partial charge in [0.1, 0.15) is 0 Å². The van der Waals surface area contributed by atoms with Crippen LogP contribution in [0.15, 0.2) is 4.99 Å². The summed E-state index contributed by atoms with van der Waals surface area (Å²) in [5, 5.41) is 0. The van der Waals surface area contributed by atoms with E-state index >= 15 is 0 Å². The molecule has 14 heavy (non-hydrogen) atoms. The van der Waals surface area contributed by atoms with Gasteiger partial charge in [-0.15, -0.1) is 0 Å². The molecule has 0 amide bonds. The van der Waals surface area contributed by atoms with Gasteiger partial charge in [-0.3, -0.25) is 4.99 Å². The molecule has 0 radical (unpaired) electrons. The second-order valence-electron chi connectivity index (χ2n) is 4.51. The van der Waals surface area contributed by atoms with E-state index in [1.165, 1.54) is 57.8 Å². The molecule has 0 aromatic carbocycles. The quantitative estimate of drug-likeness (QED) is 0.539. The number of hydrogen-bond donors (Lipinski definition) is 0. The fourth-order valence-electron chi connectivity index (χ4n) is 2.15. The zero-order valence-corrected chi connectivity index (χ0v) is 9.67. The Labute approximate surface area is 89.0 Å². The summed E-state index contributed by atoms with van der Waals surface area (Å²) < 4.78 is 0. The highest BCUT2D eigenvalue weighted by molar-refractivity contribution is 5.61. The van der Waals surface area contributed by atoms with Crippen LogP contribution in [0.5, 0.6) is 0 Å². The van der Waals surface area contributed by atoms with Gasteiger partial charge < -0.3 is 0 Å². The van der Waals surface area contributed by atoms with Gasteiger partial charge in [-0.1, -0.05) is 45.4 Å². The van der Waals surface area contributed by atoms with Crippen LogP contribution >= 0.6 is 0 Å². The average molecular weight is 195 g/mol. The molecule has 0 fully saturated rings. The number of nitrogens with zero attached hydrogens (tertiary/aromatic N) is 1. The minimum atomic E-state index is 0.815. The Kier molecular flexibility index (Phi) is 6.73. The predicted molar refractivity (Wildman–Crippen MR) is 64.1 cm³/mol. The van der Waals surface area contributed by atoms with Gasteiger partial charge in [0.05, 0.1) is 0 Å². The molecule has 0 saturated heterocycles. The molecule has 0 aromatic heterocycles. The van der Waals surface area contributed by atoms with Crippen molar-refractivity contribution in [2.45, 2.75) is 64.7 Å². The topological polar surface area (TPSA) is 12.4 Å². The maximum absolute atomic E-state index is 4.36. The standard InChI is InChI=1S/C13H25N/c1-2-3-4-5-6-7-9-13-10-8-11-14-12-13/h12-13H,2-11H2,1H3. The van der Waals surface area contributed by atoms with E-state index in [-0.39, 0.29) is 0 Å². The van der Waals surface area contributed by atoms with Crippen LogP contribution in [-0.2, 0) is 0 Å². The number of aliphatic imine (C=N–C) groups is 1. The lowest BCUT2D eigenvalue weighted by Crippen LogP contribution is -2.08. The van der Waals surface area contributed by atoms with Crippen molar-refractivity contribution in [3.8, 4) is 0 Å². The smallest absolute Gasteiger partial charge is 0.0385 e. The summed E-state index contributed by atoms with van der Waals surface area (Å²) in [4.78, 5) is 4.36. The molecule has 1 aliphatic heterocycles. The van der Waals surface area contributed by atoms with E-state index in [0.29, 0.717) is 0 Å². The molecule has 1 aliphatic rings. The van der Waals surface area contributed by atoms with E-state index in [0.717, 1.165) is 12.5 Å². The van der Waals surface area contributed by atoms with E-state index in [4.69, 9.17) is 0 Å². The van der Waals surface area contributed by atoms with Gasteiger partial charge in [0.2, 0.25) is 0 Å². The number of rotatable bonds is 7. The van der Waals surface area contributed by atoms with Gasteiger partial charge >= 0.3 is 0 Å². The molecule has 1 atom stereocenters. The summed E-state index contributed by atoms with van der Waals surface area (Å²) in [5.74, 6) is 0.815. The molecule has 0 aliphatic carbocycles. The van der Waals surface area contributed by atoms with Crippen LogP contribution in [0.25, 0.3) is 0 Å². The summed E-state index contributed by atoms with van der Waals surface area (Å²) >= 11 is 0. The summed E-state index contributed by atoms with van der Waals surface area (Å²) in [7, 11) is 0. The SMILES string of the molecule is CCCCCCCCC1C=NCCC1. The van der Waals surface area contributed by atoms with Crippen molar-refractivity contribution < 1.29 is 0 Å².